The summed E-state index contributed by atoms with van der Waals surface area (Å²) in [6.07, 6.45) is 1.35. The van der Waals surface area contributed by atoms with Crippen LogP contribution in [0.2, 0.25) is 0 Å². The minimum Gasteiger partial charge on any atom is -0.452 e. The number of nitrogens with zero attached hydrogens (tertiary/aromatic N) is 1. The molecule has 0 saturated carbocycles. The molecule has 5 heteroatoms. The van der Waals surface area contributed by atoms with Crippen LogP contribution in [-0.2, 0) is 14.3 Å². The molecule has 5 nitrogen and oxygen atoms in total. The highest BCUT2D eigenvalue weighted by Crippen LogP contribution is 2.19. The second-order valence-electron chi connectivity index (χ2n) is 5.80. The standard InChI is InChI=1S/C18H26N2O3/c1-6-20(14(4)5)16-9-7-15(8-10-16)19-17(21)12-23-18(22)11-13(2)3/h7-11,14H,6,12H2,1-5H3,(H,19,21). The van der Waals surface area contributed by atoms with Crippen LogP contribution in [0.15, 0.2) is 35.9 Å². The van der Waals surface area contributed by atoms with E-state index in [2.05, 4.69) is 31.0 Å². The summed E-state index contributed by atoms with van der Waals surface area (Å²) in [5.41, 5.74) is 2.61. The molecule has 1 amide bonds. The summed E-state index contributed by atoms with van der Waals surface area (Å²) in [4.78, 5) is 25.4. The molecule has 1 rings (SSSR count). The fraction of sp³-hybridized carbons (Fsp3) is 0.444. The number of hydrogen-bond donors (Lipinski definition) is 1. The maximum atomic E-state index is 11.8. The third kappa shape index (κ3) is 6.55. The van der Waals surface area contributed by atoms with Crippen molar-refractivity contribution >= 4 is 23.3 Å². The summed E-state index contributed by atoms with van der Waals surface area (Å²) in [5, 5.41) is 2.71. The Balaban J connectivity index is 2.56. The highest BCUT2D eigenvalue weighted by atomic mass is 16.5. The van der Waals surface area contributed by atoms with Crippen LogP contribution in [-0.4, -0.2) is 31.1 Å². The average molecular weight is 318 g/mol. The molecule has 0 aromatic heterocycles. The van der Waals surface area contributed by atoms with Gasteiger partial charge in [0.1, 0.15) is 0 Å². The van der Waals surface area contributed by atoms with Gasteiger partial charge in [-0.05, 0) is 58.9 Å². The Morgan fingerprint density at radius 1 is 1.22 bits per heavy atom. The summed E-state index contributed by atoms with van der Waals surface area (Å²) in [6.45, 7) is 10.6. The van der Waals surface area contributed by atoms with Crippen molar-refractivity contribution in [2.45, 2.75) is 40.7 Å². The van der Waals surface area contributed by atoms with Crippen molar-refractivity contribution in [3.05, 3.63) is 35.9 Å². The number of amides is 1. The van der Waals surface area contributed by atoms with E-state index in [-0.39, 0.29) is 12.5 Å². The van der Waals surface area contributed by atoms with Crippen LogP contribution in [0.25, 0.3) is 0 Å². The number of carbonyl (C=O) groups is 2. The van der Waals surface area contributed by atoms with Gasteiger partial charge in [0.25, 0.3) is 5.91 Å². The SMILES string of the molecule is CCN(c1ccc(NC(=O)COC(=O)C=C(C)C)cc1)C(C)C. The zero-order valence-corrected chi connectivity index (χ0v) is 14.6. The fourth-order valence-electron chi connectivity index (χ4n) is 2.19. The first-order valence-electron chi connectivity index (χ1n) is 7.81. The monoisotopic (exact) mass is 318 g/mol. The number of carbonyl (C=O) groups excluding carboxylic acids is 2. The molecule has 0 fully saturated rings. The number of hydrogen-bond acceptors (Lipinski definition) is 4. The molecular formula is C18H26N2O3. The van der Waals surface area contributed by atoms with Crippen molar-refractivity contribution in [3.63, 3.8) is 0 Å². The Morgan fingerprint density at radius 3 is 2.30 bits per heavy atom. The van der Waals surface area contributed by atoms with Crippen molar-refractivity contribution in [2.75, 3.05) is 23.4 Å². The number of nitrogens with one attached hydrogen (secondary N) is 1. The van der Waals surface area contributed by atoms with Gasteiger partial charge < -0.3 is 15.0 Å². The quantitative estimate of drug-likeness (QED) is 0.618. The molecule has 0 bridgehead atoms. The van der Waals surface area contributed by atoms with Gasteiger partial charge in [-0.25, -0.2) is 4.79 Å². The van der Waals surface area contributed by atoms with Gasteiger partial charge in [-0.15, -0.1) is 0 Å². The molecule has 1 aromatic rings. The minimum atomic E-state index is -0.508. The predicted octanol–water partition coefficient (Wildman–Crippen LogP) is 3.37. The summed E-state index contributed by atoms with van der Waals surface area (Å²) in [5.74, 6) is -0.865. The number of anilines is 2. The fourth-order valence-corrected chi connectivity index (χ4v) is 2.19. The van der Waals surface area contributed by atoms with E-state index in [0.717, 1.165) is 17.8 Å². The van der Waals surface area contributed by atoms with Crippen LogP contribution in [0.4, 0.5) is 11.4 Å². The lowest BCUT2D eigenvalue weighted by Gasteiger charge is -2.27. The highest BCUT2D eigenvalue weighted by Gasteiger charge is 2.09. The molecular weight excluding hydrogens is 292 g/mol. The molecule has 126 valence electrons. The number of esters is 1. The smallest absolute Gasteiger partial charge is 0.331 e. The lowest BCUT2D eigenvalue weighted by molar-refractivity contribution is -0.142. The first kappa shape index (κ1) is 18.7. The maximum Gasteiger partial charge on any atom is 0.331 e. The van der Waals surface area contributed by atoms with E-state index in [1.54, 1.807) is 13.8 Å². The lowest BCUT2D eigenvalue weighted by atomic mass is 10.2. The third-order valence-electron chi connectivity index (χ3n) is 3.20. The first-order chi connectivity index (χ1) is 10.8. The second kappa shape index (κ2) is 8.98. The Labute approximate surface area is 138 Å². The first-order valence-corrected chi connectivity index (χ1v) is 7.81. The van der Waals surface area contributed by atoms with E-state index in [1.165, 1.54) is 6.08 Å². The van der Waals surface area contributed by atoms with Crippen LogP contribution in [0.3, 0.4) is 0 Å². The molecule has 0 saturated heterocycles. The van der Waals surface area contributed by atoms with E-state index in [1.807, 2.05) is 24.3 Å². The summed E-state index contributed by atoms with van der Waals surface area (Å²) in [6, 6.07) is 8.03. The van der Waals surface area contributed by atoms with Crippen LogP contribution < -0.4 is 10.2 Å². The highest BCUT2D eigenvalue weighted by molar-refractivity contribution is 5.94. The van der Waals surface area contributed by atoms with Gasteiger partial charge in [0.15, 0.2) is 6.61 Å². The topological polar surface area (TPSA) is 58.6 Å². The molecule has 0 aliphatic heterocycles. The van der Waals surface area contributed by atoms with E-state index >= 15 is 0 Å². The second-order valence-corrected chi connectivity index (χ2v) is 5.80. The number of benzene rings is 1. The molecule has 0 unspecified atom stereocenters. The van der Waals surface area contributed by atoms with Gasteiger partial charge in [0, 0.05) is 30.0 Å². The third-order valence-corrected chi connectivity index (χ3v) is 3.20. The summed E-state index contributed by atoms with van der Waals surface area (Å²) in [7, 11) is 0. The van der Waals surface area contributed by atoms with E-state index in [4.69, 9.17) is 4.74 Å². The largest absolute Gasteiger partial charge is 0.452 e. The average Bonchev–Trinajstić information content (AvgIpc) is 2.46. The maximum absolute atomic E-state index is 11.8. The number of ether oxygens (including phenoxy) is 1. The molecule has 0 spiro atoms. The molecule has 0 radical (unpaired) electrons. The zero-order chi connectivity index (χ0) is 17.4. The Hall–Kier alpha value is -2.30. The normalized spacial score (nSPS) is 10.2. The molecule has 0 aliphatic rings. The molecule has 23 heavy (non-hydrogen) atoms. The van der Waals surface area contributed by atoms with Crippen LogP contribution in [0.1, 0.15) is 34.6 Å². The van der Waals surface area contributed by atoms with Gasteiger partial charge >= 0.3 is 5.97 Å². The predicted molar refractivity (Wildman–Crippen MR) is 93.6 cm³/mol. The van der Waals surface area contributed by atoms with Crippen LogP contribution >= 0.6 is 0 Å². The van der Waals surface area contributed by atoms with Crippen molar-refractivity contribution in [3.8, 4) is 0 Å². The lowest BCUT2D eigenvalue weighted by Crippen LogP contribution is -2.30. The van der Waals surface area contributed by atoms with Gasteiger partial charge in [0.05, 0.1) is 0 Å². The Kier molecular flexibility index (Phi) is 7.32. The van der Waals surface area contributed by atoms with E-state index < -0.39 is 5.97 Å². The number of rotatable bonds is 7. The Morgan fingerprint density at radius 2 is 1.83 bits per heavy atom. The van der Waals surface area contributed by atoms with Gasteiger partial charge in [-0.3, -0.25) is 4.79 Å². The van der Waals surface area contributed by atoms with Gasteiger partial charge in [-0.1, -0.05) is 5.57 Å². The summed E-state index contributed by atoms with van der Waals surface area (Å²) >= 11 is 0. The minimum absolute atomic E-state index is 0.294. The van der Waals surface area contributed by atoms with Gasteiger partial charge in [0.2, 0.25) is 0 Å². The van der Waals surface area contributed by atoms with Crippen LogP contribution in [0, 0.1) is 0 Å². The molecule has 0 atom stereocenters. The van der Waals surface area contributed by atoms with E-state index in [0.29, 0.717) is 11.7 Å². The zero-order valence-electron chi connectivity index (χ0n) is 14.6. The summed E-state index contributed by atoms with van der Waals surface area (Å²) < 4.78 is 4.86. The van der Waals surface area contributed by atoms with Crippen molar-refractivity contribution in [2.24, 2.45) is 0 Å². The molecule has 1 N–H and O–H groups in total. The van der Waals surface area contributed by atoms with Crippen molar-refractivity contribution < 1.29 is 14.3 Å². The van der Waals surface area contributed by atoms with Gasteiger partial charge in [-0.2, -0.15) is 0 Å². The molecule has 1 aromatic carbocycles. The van der Waals surface area contributed by atoms with Crippen LogP contribution in [0.5, 0.6) is 0 Å². The van der Waals surface area contributed by atoms with Crippen molar-refractivity contribution in [1.82, 2.24) is 0 Å². The molecule has 0 heterocycles. The van der Waals surface area contributed by atoms with Crippen molar-refractivity contribution in [1.29, 1.82) is 0 Å². The Bertz CT molecular complexity index is 558. The molecule has 0 aliphatic carbocycles. The van der Waals surface area contributed by atoms with E-state index in [9.17, 15) is 9.59 Å². The number of allylic oxidation sites excluding steroid dienone is 1.